The molecule has 0 fully saturated rings. The number of rotatable bonds is 7. The summed E-state index contributed by atoms with van der Waals surface area (Å²) in [6, 6.07) is 18.4. The Balaban J connectivity index is 1.43. The number of hydrogen-bond donors (Lipinski definition) is 1. The van der Waals surface area contributed by atoms with Crippen LogP contribution >= 0.6 is 11.6 Å². The van der Waals surface area contributed by atoms with E-state index < -0.39 is 0 Å². The van der Waals surface area contributed by atoms with Gasteiger partial charge in [0, 0.05) is 35.7 Å². The summed E-state index contributed by atoms with van der Waals surface area (Å²) in [7, 11) is 0. The molecule has 1 amide bonds. The van der Waals surface area contributed by atoms with Crippen molar-refractivity contribution < 1.29 is 9.53 Å². The van der Waals surface area contributed by atoms with E-state index in [-0.39, 0.29) is 12.5 Å². The third-order valence-electron chi connectivity index (χ3n) is 4.50. The molecular weight excluding hydrogens is 400 g/mol. The van der Waals surface area contributed by atoms with Crippen LogP contribution in [0.25, 0.3) is 5.82 Å². The number of amides is 1. The molecule has 6 nitrogen and oxygen atoms in total. The number of imidazole rings is 1. The third-order valence-corrected chi connectivity index (χ3v) is 4.87. The van der Waals surface area contributed by atoms with Crippen molar-refractivity contribution in [1.29, 1.82) is 0 Å². The molecule has 0 bridgehead atoms. The minimum Gasteiger partial charge on any atom is -0.488 e. The molecule has 2 heterocycles. The van der Waals surface area contributed by atoms with E-state index in [9.17, 15) is 4.79 Å². The molecule has 0 saturated carbocycles. The van der Waals surface area contributed by atoms with Crippen LogP contribution in [-0.2, 0) is 13.2 Å². The van der Waals surface area contributed by atoms with Crippen LogP contribution in [0.1, 0.15) is 21.5 Å². The van der Waals surface area contributed by atoms with Crippen LogP contribution in [0.3, 0.4) is 0 Å². The molecule has 0 aliphatic carbocycles. The number of pyridine rings is 1. The van der Waals surface area contributed by atoms with Gasteiger partial charge in [0.1, 0.15) is 24.5 Å². The molecule has 1 N–H and O–H groups in total. The lowest BCUT2D eigenvalue weighted by molar-refractivity contribution is 0.0946. The second-order valence-electron chi connectivity index (χ2n) is 6.55. The summed E-state index contributed by atoms with van der Waals surface area (Å²) in [4.78, 5) is 21.1. The van der Waals surface area contributed by atoms with E-state index in [4.69, 9.17) is 16.3 Å². The number of benzene rings is 2. The molecule has 150 valence electrons. The van der Waals surface area contributed by atoms with E-state index in [1.165, 1.54) is 0 Å². The van der Waals surface area contributed by atoms with Crippen molar-refractivity contribution in [2.24, 2.45) is 0 Å². The Morgan fingerprint density at radius 2 is 1.90 bits per heavy atom. The molecule has 2 aromatic carbocycles. The van der Waals surface area contributed by atoms with E-state index in [1.807, 2.05) is 53.2 Å². The molecule has 0 spiro atoms. The Hall–Kier alpha value is -3.64. The zero-order chi connectivity index (χ0) is 20.8. The fraction of sp³-hybridized carbons (Fsp3) is 0.0870. The van der Waals surface area contributed by atoms with Crippen LogP contribution in [-0.4, -0.2) is 20.4 Å². The average molecular weight is 419 g/mol. The molecule has 0 aliphatic heterocycles. The molecule has 4 aromatic rings. The highest BCUT2D eigenvalue weighted by atomic mass is 35.5. The molecule has 30 heavy (non-hydrogen) atoms. The van der Waals surface area contributed by atoms with Crippen molar-refractivity contribution in [2.45, 2.75) is 13.2 Å². The summed E-state index contributed by atoms with van der Waals surface area (Å²) in [5, 5.41) is 3.57. The number of carbonyl (C=O) groups excluding carboxylic acids is 1. The summed E-state index contributed by atoms with van der Waals surface area (Å²) < 4.78 is 7.69. The number of nitrogens with zero attached hydrogens (tertiary/aromatic N) is 3. The summed E-state index contributed by atoms with van der Waals surface area (Å²) in [5.41, 5.74) is 2.25. The molecule has 0 atom stereocenters. The molecule has 2 aromatic heterocycles. The van der Waals surface area contributed by atoms with Gasteiger partial charge in [-0.15, -0.1) is 0 Å². The normalized spacial score (nSPS) is 10.6. The molecule has 4 rings (SSSR count). The number of carbonyl (C=O) groups is 1. The van der Waals surface area contributed by atoms with Gasteiger partial charge in [0.15, 0.2) is 0 Å². The van der Waals surface area contributed by atoms with Crippen molar-refractivity contribution >= 4 is 17.5 Å². The molecule has 7 heteroatoms. The van der Waals surface area contributed by atoms with Crippen LogP contribution in [0, 0.1) is 0 Å². The van der Waals surface area contributed by atoms with Gasteiger partial charge in [0.05, 0.1) is 5.56 Å². The van der Waals surface area contributed by atoms with Crippen LogP contribution < -0.4 is 10.1 Å². The number of hydrogen-bond acceptors (Lipinski definition) is 4. The lowest BCUT2D eigenvalue weighted by Crippen LogP contribution is -2.23. The van der Waals surface area contributed by atoms with Gasteiger partial charge in [0.2, 0.25) is 0 Å². The molecule has 0 saturated heterocycles. The Morgan fingerprint density at radius 1 is 1.07 bits per heavy atom. The van der Waals surface area contributed by atoms with Gasteiger partial charge >= 0.3 is 0 Å². The Morgan fingerprint density at radius 3 is 2.73 bits per heavy atom. The van der Waals surface area contributed by atoms with Gasteiger partial charge in [-0.1, -0.05) is 41.9 Å². The number of ether oxygens (including phenoxy) is 1. The lowest BCUT2D eigenvalue weighted by atomic mass is 10.1. The zero-order valence-electron chi connectivity index (χ0n) is 16.0. The quantitative estimate of drug-likeness (QED) is 0.482. The van der Waals surface area contributed by atoms with Gasteiger partial charge in [-0.05, 0) is 35.9 Å². The van der Waals surface area contributed by atoms with Crippen molar-refractivity contribution in [1.82, 2.24) is 19.9 Å². The first-order chi connectivity index (χ1) is 14.7. The smallest absolute Gasteiger partial charge is 0.255 e. The van der Waals surface area contributed by atoms with Crippen LogP contribution in [0.4, 0.5) is 0 Å². The van der Waals surface area contributed by atoms with Gasteiger partial charge in [-0.3, -0.25) is 9.36 Å². The number of nitrogens with one attached hydrogen (secondary N) is 1. The van der Waals surface area contributed by atoms with Crippen LogP contribution in [0.2, 0.25) is 5.02 Å². The highest BCUT2D eigenvalue weighted by Gasteiger charge is 2.13. The van der Waals surface area contributed by atoms with Gasteiger partial charge < -0.3 is 10.1 Å². The SMILES string of the molecule is O=C(NCc1ccnc(-n2ccnc2)c1)c1ccccc1OCc1ccccc1Cl. The monoisotopic (exact) mass is 418 g/mol. The largest absolute Gasteiger partial charge is 0.488 e. The zero-order valence-corrected chi connectivity index (χ0v) is 16.8. The van der Waals surface area contributed by atoms with E-state index in [0.717, 1.165) is 16.9 Å². The first-order valence-corrected chi connectivity index (χ1v) is 9.75. The fourth-order valence-corrected chi connectivity index (χ4v) is 3.13. The number of para-hydroxylation sites is 1. The fourth-order valence-electron chi connectivity index (χ4n) is 2.93. The number of halogens is 1. The molecule has 0 unspecified atom stereocenters. The minimum absolute atomic E-state index is 0.217. The van der Waals surface area contributed by atoms with Crippen molar-refractivity contribution in [2.75, 3.05) is 0 Å². The van der Waals surface area contributed by atoms with Gasteiger partial charge in [-0.25, -0.2) is 9.97 Å². The Kier molecular flexibility index (Phi) is 6.06. The van der Waals surface area contributed by atoms with Crippen molar-refractivity contribution in [3.8, 4) is 11.6 Å². The minimum atomic E-state index is -0.217. The standard InChI is InChI=1S/C23H19ClN4O2/c24-20-7-3-1-5-18(20)15-30-21-8-4-2-6-19(21)23(29)27-14-17-9-10-26-22(13-17)28-12-11-25-16-28/h1-13,16H,14-15H2,(H,27,29). The van der Waals surface area contributed by atoms with Crippen LogP contribution in [0.15, 0.2) is 85.6 Å². The summed E-state index contributed by atoms with van der Waals surface area (Å²) in [5.74, 6) is 1.03. The molecule has 0 radical (unpaired) electrons. The van der Waals surface area contributed by atoms with Gasteiger partial charge in [-0.2, -0.15) is 0 Å². The van der Waals surface area contributed by atoms with E-state index in [0.29, 0.717) is 22.9 Å². The van der Waals surface area contributed by atoms with Crippen molar-refractivity contribution in [3.05, 3.63) is 107 Å². The van der Waals surface area contributed by atoms with Crippen molar-refractivity contribution in [3.63, 3.8) is 0 Å². The van der Waals surface area contributed by atoms with E-state index >= 15 is 0 Å². The lowest BCUT2D eigenvalue weighted by Gasteiger charge is -2.13. The molecular formula is C23H19ClN4O2. The highest BCUT2D eigenvalue weighted by Crippen LogP contribution is 2.22. The summed E-state index contributed by atoms with van der Waals surface area (Å²) in [6.45, 7) is 0.643. The van der Waals surface area contributed by atoms with Crippen LogP contribution in [0.5, 0.6) is 5.75 Å². The third kappa shape index (κ3) is 4.67. The Labute approximate surface area is 179 Å². The average Bonchev–Trinajstić information content (AvgIpc) is 3.32. The van der Waals surface area contributed by atoms with Gasteiger partial charge in [0.25, 0.3) is 5.91 Å². The first-order valence-electron chi connectivity index (χ1n) is 9.37. The predicted octanol–water partition coefficient (Wildman–Crippen LogP) is 4.43. The summed E-state index contributed by atoms with van der Waals surface area (Å²) >= 11 is 6.19. The predicted molar refractivity (Wildman–Crippen MR) is 115 cm³/mol. The second-order valence-corrected chi connectivity index (χ2v) is 6.96. The Bertz CT molecular complexity index is 1150. The maximum Gasteiger partial charge on any atom is 0.255 e. The summed E-state index contributed by atoms with van der Waals surface area (Å²) in [6.07, 6.45) is 6.89. The van der Waals surface area contributed by atoms with E-state index in [2.05, 4.69) is 15.3 Å². The first kappa shape index (κ1) is 19.7. The van der Waals surface area contributed by atoms with E-state index in [1.54, 1.807) is 36.9 Å². The highest BCUT2D eigenvalue weighted by molar-refractivity contribution is 6.31. The molecule has 0 aliphatic rings. The topological polar surface area (TPSA) is 69.0 Å². The maximum absolute atomic E-state index is 12.8. The second kappa shape index (κ2) is 9.24. The maximum atomic E-state index is 12.8. The number of aromatic nitrogens is 3.